The smallest absolute Gasteiger partial charge is 0.272 e. The molecule has 2 aliphatic rings. The number of aryl methyl sites for hydroxylation is 1. The van der Waals surface area contributed by atoms with E-state index in [-0.39, 0.29) is 5.56 Å². The van der Waals surface area contributed by atoms with Gasteiger partial charge in [-0.1, -0.05) is 6.92 Å². The molecule has 0 amide bonds. The van der Waals surface area contributed by atoms with Gasteiger partial charge in [0.2, 0.25) is 0 Å². The van der Waals surface area contributed by atoms with Crippen LogP contribution in [0.2, 0.25) is 0 Å². The Morgan fingerprint density at radius 3 is 3.11 bits per heavy atom. The molecule has 3 heterocycles. The maximum Gasteiger partial charge on any atom is 0.272 e. The second-order valence-electron chi connectivity index (χ2n) is 6.44. The van der Waals surface area contributed by atoms with Gasteiger partial charge in [-0.25, -0.2) is 9.50 Å². The molecule has 1 saturated carbocycles. The van der Waals surface area contributed by atoms with Crippen molar-refractivity contribution in [3.05, 3.63) is 33.9 Å². The average molecular weight is 258 g/mol. The first-order valence-electron chi connectivity index (χ1n) is 6.84. The van der Waals surface area contributed by atoms with E-state index in [1.165, 1.54) is 10.9 Å². The van der Waals surface area contributed by atoms with Gasteiger partial charge in [0.05, 0.1) is 5.69 Å². The molecule has 1 aliphatic heterocycles. The summed E-state index contributed by atoms with van der Waals surface area (Å²) in [5.74, 6) is 0.867. The number of hydrogen-bond acceptors (Lipinski definition) is 3. The summed E-state index contributed by atoms with van der Waals surface area (Å²) in [6.45, 7) is 7.39. The van der Waals surface area contributed by atoms with Crippen LogP contribution in [-0.2, 0) is 6.54 Å². The third-order valence-electron chi connectivity index (χ3n) is 4.62. The van der Waals surface area contributed by atoms with Crippen LogP contribution >= 0.6 is 0 Å². The number of fused-ring (bicyclic) bond motifs is 2. The number of nitrogens with one attached hydrogen (secondary N) is 1. The minimum atomic E-state index is -0.0244. The second-order valence-corrected chi connectivity index (χ2v) is 6.44. The van der Waals surface area contributed by atoms with Gasteiger partial charge in [-0.2, -0.15) is 0 Å². The molecule has 1 aliphatic carbocycles. The molecule has 2 fully saturated rings. The molecule has 4 rings (SSSR count). The molecule has 2 aromatic heterocycles. The normalized spacial score (nSPS) is 29.9. The number of aromatic amines is 1. The molecular weight excluding hydrogens is 240 g/mol. The van der Waals surface area contributed by atoms with Crippen LogP contribution in [-0.4, -0.2) is 32.6 Å². The lowest BCUT2D eigenvalue weighted by Gasteiger charge is -2.18. The van der Waals surface area contributed by atoms with Crippen molar-refractivity contribution in [1.29, 1.82) is 0 Å². The number of nitrogens with zero attached hydrogens (tertiary/aromatic N) is 3. The molecule has 5 heteroatoms. The van der Waals surface area contributed by atoms with E-state index in [0.717, 1.165) is 42.6 Å². The zero-order chi connectivity index (χ0) is 13.2. The van der Waals surface area contributed by atoms with Crippen LogP contribution < -0.4 is 5.56 Å². The van der Waals surface area contributed by atoms with Gasteiger partial charge in [0, 0.05) is 37.5 Å². The van der Waals surface area contributed by atoms with Gasteiger partial charge in [-0.3, -0.25) is 14.8 Å². The van der Waals surface area contributed by atoms with Crippen LogP contribution in [0.4, 0.5) is 0 Å². The highest BCUT2D eigenvalue weighted by molar-refractivity contribution is 5.39. The molecule has 2 unspecified atom stereocenters. The van der Waals surface area contributed by atoms with Crippen molar-refractivity contribution in [3.63, 3.8) is 0 Å². The highest BCUT2D eigenvalue weighted by Gasteiger charge is 2.55. The van der Waals surface area contributed by atoms with Crippen molar-refractivity contribution in [1.82, 2.24) is 19.5 Å². The van der Waals surface area contributed by atoms with E-state index in [0.29, 0.717) is 5.41 Å². The first-order chi connectivity index (χ1) is 9.03. The Labute approximate surface area is 111 Å². The van der Waals surface area contributed by atoms with Crippen LogP contribution in [0.15, 0.2) is 16.9 Å². The fourth-order valence-corrected chi connectivity index (χ4v) is 3.46. The lowest BCUT2D eigenvalue weighted by molar-refractivity contribution is 0.275. The first kappa shape index (κ1) is 11.2. The van der Waals surface area contributed by atoms with Gasteiger partial charge >= 0.3 is 0 Å². The summed E-state index contributed by atoms with van der Waals surface area (Å²) in [7, 11) is 0. The van der Waals surface area contributed by atoms with Crippen molar-refractivity contribution in [2.45, 2.75) is 26.8 Å². The van der Waals surface area contributed by atoms with Crippen LogP contribution in [0.1, 0.15) is 24.7 Å². The monoisotopic (exact) mass is 258 g/mol. The van der Waals surface area contributed by atoms with Crippen LogP contribution in [0.3, 0.4) is 0 Å². The van der Waals surface area contributed by atoms with Gasteiger partial charge in [0.1, 0.15) is 0 Å². The van der Waals surface area contributed by atoms with Crippen molar-refractivity contribution in [2.24, 2.45) is 11.3 Å². The standard InChI is InChI=1S/C14H18N4O/c1-9-3-12-15-11(4-13(19)18(12)16-9)7-17-6-10-5-14(10,2)8-17/h3-4,10,16H,5-8H2,1-2H3. The molecule has 5 nitrogen and oxygen atoms in total. The minimum absolute atomic E-state index is 0.0244. The van der Waals surface area contributed by atoms with E-state index in [1.54, 1.807) is 6.07 Å². The summed E-state index contributed by atoms with van der Waals surface area (Å²) in [5.41, 5.74) is 3.08. The van der Waals surface area contributed by atoms with Crippen molar-refractivity contribution in [3.8, 4) is 0 Å². The number of piperidine rings is 1. The van der Waals surface area contributed by atoms with Crippen molar-refractivity contribution < 1.29 is 0 Å². The molecule has 0 spiro atoms. The maximum atomic E-state index is 12.0. The van der Waals surface area contributed by atoms with Gasteiger partial charge in [-0.05, 0) is 24.7 Å². The molecule has 0 aromatic carbocycles. The van der Waals surface area contributed by atoms with Crippen LogP contribution in [0.5, 0.6) is 0 Å². The molecule has 1 saturated heterocycles. The Hall–Kier alpha value is -1.62. The Balaban J connectivity index is 1.63. The predicted octanol–water partition coefficient (Wildman–Crippen LogP) is 1.17. The summed E-state index contributed by atoms with van der Waals surface area (Å²) in [4.78, 5) is 19.0. The fourth-order valence-electron chi connectivity index (χ4n) is 3.46. The van der Waals surface area contributed by atoms with Crippen LogP contribution in [0, 0.1) is 18.3 Å². The molecule has 2 atom stereocenters. The van der Waals surface area contributed by atoms with Crippen LogP contribution in [0.25, 0.3) is 5.65 Å². The van der Waals surface area contributed by atoms with Gasteiger partial charge in [-0.15, -0.1) is 0 Å². The highest BCUT2D eigenvalue weighted by Crippen LogP contribution is 2.57. The summed E-state index contributed by atoms with van der Waals surface area (Å²) < 4.78 is 1.50. The summed E-state index contributed by atoms with van der Waals surface area (Å²) in [6, 6.07) is 3.56. The average Bonchev–Trinajstić information content (AvgIpc) is 2.67. The Morgan fingerprint density at radius 2 is 2.37 bits per heavy atom. The summed E-state index contributed by atoms with van der Waals surface area (Å²) in [6.07, 6.45) is 1.37. The van der Waals surface area contributed by atoms with E-state index in [9.17, 15) is 4.79 Å². The van der Waals surface area contributed by atoms with Gasteiger partial charge in [0.25, 0.3) is 5.56 Å². The minimum Gasteiger partial charge on any atom is -0.297 e. The largest absolute Gasteiger partial charge is 0.297 e. The Bertz CT molecular complexity index is 716. The zero-order valence-electron chi connectivity index (χ0n) is 11.3. The lowest BCUT2D eigenvalue weighted by Crippen LogP contribution is -2.26. The zero-order valence-corrected chi connectivity index (χ0v) is 11.3. The number of hydrogen-bond donors (Lipinski definition) is 1. The number of H-pyrrole nitrogens is 1. The van der Waals surface area contributed by atoms with E-state index >= 15 is 0 Å². The Kier molecular flexibility index (Phi) is 2.05. The topological polar surface area (TPSA) is 53.4 Å². The molecule has 1 N–H and O–H groups in total. The predicted molar refractivity (Wildman–Crippen MR) is 72.0 cm³/mol. The lowest BCUT2D eigenvalue weighted by atomic mass is 10.1. The third-order valence-corrected chi connectivity index (χ3v) is 4.62. The van der Waals surface area contributed by atoms with E-state index < -0.39 is 0 Å². The second kappa shape index (κ2) is 3.48. The number of aromatic nitrogens is 3. The van der Waals surface area contributed by atoms with E-state index in [2.05, 4.69) is 21.9 Å². The van der Waals surface area contributed by atoms with Crippen molar-refractivity contribution >= 4 is 5.65 Å². The fraction of sp³-hybridized carbons (Fsp3) is 0.571. The quantitative estimate of drug-likeness (QED) is 0.880. The Morgan fingerprint density at radius 1 is 1.53 bits per heavy atom. The summed E-state index contributed by atoms with van der Waals surface area (Å²) in [5, 5.41) is 3.00. The molecule has 2 aromatic rings. The molecular formula is C14H18N4O. The highest BCUT2D eigenvalue weighted by atomic mass is 16.1. The SMILES string of the molecule is Cc1cc2nc(CN3CC4CC4(C)C3)cc(=O)n2[nH]1. The first-order valence-corrected chi connectivity index (χ1v) is 6.84. The molecule has 0 bridgehead atoms. The summed E-state index contributed by atoms with van der Waals surface area (Å²) >= 11 is 0. The van der Waals surface area contributed by atoms with Crippen molar-refractivity contribution in [2.75, 3.05) is 13.1 Å². The molecule has 100 valence electrons. The number of rotatable bonds is 2. The van der Waals surface area contributed by atoms with E-state index in [4.69, 9.17) is 0 Å². The molecule has 0 radical (unpaired) electrons. The van der Waals surface area contributed by atoms with E-state index in [1.807, 2.05) is 13.0 Å². The van der Waals surface area contributed by atoms with Gasteiger partial charge in [0.15, 0.2) is 5.65 Å². The third kappa shape index (κ3) is 1.72. The maximum absolute atomic E-state index is 12.0. The number of likely N-dealkylation sites (tertiary alicyclic amines) is 1. The molecule has 19 heavy (non-hydrogen) atoms. The van der Waals surface area contributed by atoms with Gasteiger partial charge < -0.3 is 0 Å².